The first-order valence-corrected chi connectivity index (χ1v) is 7.73. The molecule has 1 aromatic rings. The zero-order valence-electron chi connectivity index (χ0n) is 13.0. The van der Waals surface area contributed by atoms with E-state index in [9.17, 15) is 4.79 Å². The van der Waals surface area contributed by atoms with Crippen LogP contribution in [0.25, 0.3) is 0 Å². The molecule has 21 heavy (non-hydrogen) atoms. The highest BCUT2D eigenvalue weighted by Gasteiger charge is 2.45. The van der Waals surface area contributed by atoms with Gasteiger partial charge >= 0.3 is 0 Å². The summed E-state index contributed by atoms with van der Waals surface area (Å²) in [4.78, 5) is 21.1. The molecular weight excluding hydrogens is 262 g/mol. The summed E-state index contributed by atoms with van der Waals surface area (Å²) in [6.45, 7) is 7.99. The molecule has 2 aliphatic heterocycles. The maximum absolute atomic E-state index is 12.3. The number of anilines is 1. The van der Waals surface area contributed by atoms with Gasteiger partial charge < -0.3 is 9.80 Å². The van der Waals surface area contributed by atoms with Crippen LogP contribution in [0.1, 0.15) is 26.0 Å². The predicted molar refractivity (Wildman–Crippen MR) is 84.2 cm³/mol. The SMILES string of the molecule is Cc1ncccc1N1CC2CC1CN2C(=O)C=CC(C)C. The largest absolute Gasteiger partial charge is 0.363 e. The molecule has 0 N–H and O–H groups in total. The molecule has 0 aliphatic carbocycles. The molecule has 4 nitrogen and oxygen atoms in total. The van der Waals surface area contributed by atoms with E-state index < -0.39 is 0 Å². The Hall–Kier alpha value is -1.84. The first-order chi connectivity index (χ1) is 10.1. The number of pyridine rings is 1. The fraction of sp³-hybridized carbons (Fsp3) is 0.529. The van der Waals surface area contributed by atoms with E-state index in [1.54, 1.807) is 6.08 Å². The number of hydrogen-bond donors (Lipinski definition) is 0. The number of carbonyl (C=O) groups excluding carboxylic acids is 1. The van der Waals surface area contributed by atoms with Gasteiger partial charge in [0.05, 0.1) is 17.4 Å². The van der Waals surface area contributed by atoms with Crippen molar-refractivity contribution in [3.05, 3.63) is 36.2 Å². The molecule has 2 bridgehead atoms. The molecule has 0 aromatic carbocycles. The van der Waals surface area contributed by atoms with Gasteiger partial charge in [-0.3, -0.25) is 9.78 Å². The maximum atomic E-state index is 12.3. The summed E-state index contributed by atoms with van der Waals surface area (Å²) in [7, 11) is 0. The number of allylic oxidation sites excluding steroid dienone is 1. The Labute approximate surface area is 126 Å². The number of rotatable bonds is 3. The van der Waals surface area contributed by atoms with Gasteiger partial charge in [0.15, 0.2) is 0 Å². The topological polar surface area (TPSA) is 36.4 Å². The lowest BCUT2D eigenvalue weighted by atomic mass is 10.2. The molecule has 4 heteroatoms. The van der Waals surface area contributed by atoms with Gasteiger partial charge in [0.1, 0.15) is 0 Å². The number of amides is 1. The number of hydrogen-bond acceptors (Lipinski definition) is 3. The molecule has 1 aromatic heterocycles. The average Bonchev–Trinajstić information content (AvgIpc) is 3.05. The van der Waals surface area contributed by atoms with Gasteiger partial charge in [-0.25, -0.2) is 0 Å². The smallest absolute Gasteiger partial charge is 0.246 e. The third kappa shape index (κ3) is 2.67. The maximum Gasteiger partial charge on any atom is 0.246 e. The molecule has 2 atom stereocenters. The number of aryl methyl sites for hydroxylation is 1. The monoisotopic (exact) mass is 285 g/mol. The van der Waals surface area contributed by atoms with Gasteiger partial charge in [-0.05, 0) is 37.5 Å². The molecule has 2 saturated heterocycles. The van der Waals surface area contributed by atoms with E-state index in [-0.39, 0.29) is 5.91 Å². The normalized spacial score (nSPS) is 24.6. The molecule has 2 fully saturated rings. The second-order valence-electron chi connectivity index (χ2n) is 6.40. The molecule has 0 saturated carbocycles. The third-order valence-electron chi connectivity index (χ3n) is 4.44. The van der Waals surface area contributed by atoms with Gasteiger partial charge in [0.2, 0.25) is 5.91 Å². The van der Waals surface area contributed by atoms with Crippen molar-refractivity contribution < 1.29 is 4.79 Å². The first-order valence-electron chi connectivity index (χ1n) is 7.73. The van der Waals surface area contributed by atoms with Crippen LogP contribution in [-0.2, 0) is 4.79 Å². The summed E-state index contributed by atoms with van der Waals surface area (Å²) in [5.41, 5.74) is 2.29. The van der Waals surface area contributed by atoms with E-state index in [0.717, 1.165) is 25.2 Å². The molecule has 3 rings (SSSR count). The summed E-state index contributed by atoms with van der Waals surface area (Å²) in [5, 5.41) is 0. The molecular formula is C17H23N3O. The third-order valence-corrected chi connectivity index (χ3v) is 4.44. The quantitative estimate of drug-likeness (QED) is 0.800. The van der Waals surface area contributed by atoms with Crippen LogP contribution >= 0.6 is 0 Å². The molecule has 112 valence electrons. The lowest BCUT2D eigenvalue weighted by molar-refractivity contribution is -0.127. The van der Waals surface area contributed by atoms with Crippen molar-refractivity contribution in [1.82, 2.24) is 9.88 Å². The summed E-state index contributed by atoms with van der Waals surface area (Å²) >= 11 is 0. The van der Waals surface area contributed by atoms with E-state index in [0.29, 0.717) is 18.0 Å². The highest BCUT2D eigenvalue weighted by atomic mass is 16.2. The van der Waals surface area contributed by atoms with Gasteiger partial charge in [-0.2, -0.15) is 0 Å². The highest BCUT2D eigenvalue weighted by Crippen LogP contribution is 2.35. The molecule has 2 aliphatic rings. The summed E-state index contributed by atoms with van der Waals surface area (Å²) in [5.74, 6) is 0.585. The van der Waals surface area contributed by atoms with E-state index in [1.807, 2.05) is 23.2 Å². The standard InChI is InChI=1S/C17H23N3O/c1-12(2)6-7-17(21)20-11-14-9-15(20)10-19(14)16-5-4-8-18-13(16)3/h4-8,12,14-15H,9-11H2,1-3H3. The van der Waals surface area contributed by atoms with Crippen molar-refractivity contribution in [3.8, 4) is 0 Å². The van der Waals surface area contributed by atoms with Crippen LogP contribution in [0, 0.1) is 12.8 Å². The summed E-state index contributed by atoms with van der Waals surface area (Å²) in [6, 6.07) is 4.91. The van der Waals surface area contributed by atoms with Crippen molar-refractivity contribution in [2.45, 2.75) is 39.3 Å². The Balaban J connectivity index is 1.69. The van der Waals surface area contributed by atoms with Crippen LogP contribution in [0.4, 0.5) is 5.69 Å². The minimum atomic E-state index is 0.166. The fourth-order valence-electron chi connectivity index (χ4n) is 3.38. The number of fused-ring (bicyclic) bond motifs is 2. The van der Waals surface area contributed by atoms with Crippen molar-refractivity contribution in [2.24, 2.45) is 5.92 Å². The first kappa shape index (κ1) is 14.1. The fourth-order valence-corrected chi connectivity index (χ4v) is 3.38. The van der Waals surface area contributed by atoms with E-state index >= 15 is 0 Å². The van der Waals surface area contributed by atoms with Gasteiger partial charge in [0, 0.05) is 25.3 Å². The molecule has 0 spiro atoms. The second-order valence-corrected chi connectivity index (χ2v) is 6.40. The zero-order valence-corrected chi connectivity index (χ0v) is 13.0. The lowest BCUT2D eigenvalue weighted by Gasteiger charge is -2.35. The van der Waals surface area contributed by atoms with Gasteiger partial charge in [-0.1, -0.05) is 19.9 Å². The number of carbonyl (C=O) groups is 1. The highest BCUT2D eigenvalue weighted by molar-refractivity contribution is 5.88. The minimum absolute atomic E-state index is 0.166. The number of nitrogens with zero attached hydrogens (tertiary/aromatic N) is 3. The Kier molecular flexibility index (Phi) is 3.70. The van der Waals surface area contributed by atoms with E-state index in [4.69, 9.17) is 0 Å². The number of aromatic nitrogens is 1. The second kappa shape index (κ2) is 5.51. The predicted octanol–water partition coefficient (Wildman–Crippen LogP) is 2.39. The number of piperazine rings is 1. The Morgan fingerprint density at radius 2 is 2.19 bits per heavy atom. The molecule has 3 heterocycles. The number of likely N-dealkylation sites (tertiary alicyclic amines) is 1. The van der Waals surface area contributed by atoms with Crippen LogP contribution in [0.3, 0.4) is 0 Å². The lowest BCUT2D eigenvalue weighted by Crippen LogP contribution is -2.48. The Bertz CT molecular complexity index is 567. The van der Waals surface area contributed by atoms with Crippen LogP contribution in [0.5, 0.6) is 0 Å². The van der Waals surface area contributed by atoms with Gasteiger partial charge in [0.25, 0.3) is 0 Å². The summed E-state index contributed by atoms with van der Waals surface area (Å²) in [6.07, 6.45) is 6.64. The van der Waals surface area contributed by atoms with Crippen LogP contribution in [0.2, 0.25) is 0 Å². The van der Waals surface area contributed by atoms with Crippen molar-refractivity contribution in [3.63, 3.8) is 0 Å². The minimum Gasteiger partial charge on any atom is -0.363 e. The van der Waals surface area contributed by atoms with E-state index in [2.05, 4.69) is 36.7 Å². The van der Waals surface area contributed by atoms with Crippen molar-refractivity contribution in [1.29, 1.82) is 0 Å². The van der Waals surface area contributed by atoms with E-state index in [1.165, 1.54) is 5.69 Å². The Morgan fingerprint density at radius 1 is 1.38 bits per heavy atom. The van der Waals surface area contributed by atoms with Gasteiger partial charge in [-0.15, -0.1) is 0 Å². The van der Waals surface area contributed by atoms with Crippen molar-refractivity contribution in [2.75, 3.05) is 18.0 Å². The Morgan fingerprint density at radius 3 is 2.81 bits per heavy atom. The van der Waals surface area contributed by atoms with Crippen molar-refractivity contribution >= 4 is 11.6 Å². The van der Waals surface area contributed by atoms with Crippen LogP contribution in [0.15, 0.2) is 30.5 Å². The molecule has 2 unspecified atom stereocenters. The average molecular weight is 285 g/mol. The summed E-state index contributed by atoms with van der Waals surface area (Å²) < 4.78 is 0. The van der Waals surface area contributed by atoms with Crippen LogP contribution in [-0.4, -0.2) is 41.0 Å². The molecule has 1 amide bonds. The zero-order chi connectivity index (χ0) is 15.0. The van der Waals surface area contributed by atoms with Crippen LogP contribution < -0.4 is 4.90 Å². The molecule has 0 radical (unpaired) electrons.